The highest BCUT2D eigenvalue weighted by molar-refractivity contribution is 5.92. The van der Waals surface area contributed by atoms with E-state index in [0.717, 1.165) is 0 Å². The van der Waals surface area contributed by atoms with Crippen LogP contribution in [-0.4, -0.2) is 15.9 Å². The number of nitrogens with one attached hydrogen (secondary N) is 1. The molecule has 2 aromatic heterocycles. The first-order valence-electron chi connectivity index (χ1n) is 4.43. The highest BCUT2D eigenvalue weighted by Gasteiger charge is 2.06. The van der Waals surface area contributed by atoms with Crippen molar-refractivity contribution < 1.29 is 9.21 Å². The van der Waals surface area contributed by atoms with E-state index in [1.165, 1.54) is 6.39 Å². The number of carbonyl (C=O) groups is 1. The minimum Gasteiger partial charge on any atom is -0.447 e. The van der Waals surface area contributed by atoms with Crippen molar-refractivity contribution in [1.82, 2.24) is 15.3 Å². The number of hydrogen-bond acceptors (Lipinski definition) is 4. The normalized spacial score (nSPS) is 9.87. The zero-order valence-electron chi connectivity index (χ0n) is 7.88. The number of carbonyl (C=O) groups excluding carboxylic acids is 1. The van der Waals surface area contributed by atoms with Crippen molar-refractivity contribution >= 4 is 5.91 Å². The van der Waals surface area contributed by atoms with E-state index in [9.17, 15) is 4.79 Å². The number of nitrogens with zero attached hydrogens (tertiary/aromatic N) is 2. The molecule has 0 aromatic carbocycles. The van der Waals surface area contributed by atoms with Crippen molar-refractivity contribution in [3.63, 3.8) is 0 Å². The Bertz CT molecular complexity index is 425. The molecule has 15 heavy (non-hydrogen) atoms. The Hall–Kier alpha value is -2.17. The van der Waals surface area contributed by atoms with E-state index >= 15 is 0 Å². The van der Waals surface area contributed by atoms with Crippen molar-refractivity contribution in [3.8, 4) is 0 Å². The average Bonchev–Trinajstić information content (AvgIpc) is 2.80. The van der Waals surface area contributed by atoms with Gasteiger partial charge in [-0.25, -0.2) is 4.98 Å². The molecule has 1 amide bonds. The summed E-state index contributed by atoms with van der Waals surface area (Å²) in [6.07, 6.45) is 4.45. The van der Waals surface area contributed by atoms with Gasteiger partial charge in [-0.05, 0) is 12.1 Å². The highest BCUT2D eigenvalue weighted by atomic mass is 16.3. The van der Waals surface area contributed by atoms with E-state index in [1.807, 2.05) is 0 Å². The standard InChI is InChI=1S/C10H9N3O2/c14-10(9-3-1-2-4-12-9)13-6-8-5-11-7-15-8/h1-5,7H,6H2,(H,13,14). The van der Waals surface area contributed by atoms with Gasteiger partial charge in [0.05, 0.1) is 12.7 Å². The molecule has 0 atom stereocenters. The summed E-state index contributed by atoms with van der Waals surface area (Å²) >= 11 is 0. The van der Waals surface area contributed by atoms with Gasteiger partial charge in [0.25, 0.3) is 5.91 Å². The topological polar surface area (TPSA) is 68.0 Å². The largest absolute Gasteiger partial charge is 0.447 e. The van der Waals surface area contributed by atoms with Crippen LogP contribution in [0.25, 0.3) is 0 Å². The van der Waals surface area contributed by atoms with Crippen LogP contribution >= 0.6 is 0 Å². The second kappa shape index (κ2) is 4.36. The summed E-state index contributed by atoms with van der Waals surface area (Å²) in [6, 6.07) is 5.17. The van der Waals surface area contributed by atoms with Crippen LogP contribution in [0.2, 0.25) is 0 Å². The van der Waals surface area contributed by atoms with E-state index < -0.39 is 0 Å². The van der Waals surface area contributed by atoms with Crippen LogP contribution in [0, 0.1) is 0 Å². The van der Waals surface area contributed by atoms with Gasteiger partial charge < -0.3 is 9.73 Å². The van der Waals surface area contributed by atoms with Crippen LogP contribution in [-0.2, 0) is 6.54 Å². The Labute approximate surface area is 86.2 Å². The predicted octanol–water partition coefficient (Wildman–Crippen LogP) is 1.000. The zero-order chi connectivity index (χ0) is 10.5. The van der Waals surface area contributed by atoms with E-state index in [4.69, 9.17) is 4.42 Å². The molecule has 2 heterocycles. The van der Waals surface area contributed by atoms with Crippen LogP contribution in [0.5, 0.6) is 0 Å². The fourth-order valence-electron chi connectivity index (χ4n) is 1.08. The molecule has 76 valence electrons. The molecule has 0 unspecified atom stereocenters. The molecule has 0 aliphatic heterocycles. The summed E-state index contributed by atoms with van der Waals surface area (Å²) in [7, 11) is 0. The quantitative estimate of drug-likeness (QED) is 0.808. The maximum Gasteiger partial charge on any atom is 0.270 e. The van der Waals surface area contributed by atoms with Gasteiger partial charge >= 0.3 is 0 Å². The van der Waals surface area contributed by atoms with E-state index in [2.05, 4.69) is 15.3 Å². The number of rotatable bonds is 3. The fourth-order valence-corrected chi connectivity index (χ4v) is 1.08. The number of pyridine rings is 1. The Kier molecular flexibility index (Phi) is 2.73. The maximum absolute atomic E-state index is 11.5. The summed E-state index contributed by atoms with van der Waals surface area (Å²) in [4.78, 5) is 19.2. The molecular weight excluding hydrogens is 194 g/mol. The molecule has 0 saturated carbocycles. The monoisotopic (exact) mass is 203 g/mol. The molecule has 0 bridgehead atoms. The molecule has 0 fully saturated rings. The molecule has 1 N–H and O–H groups in total. The molecule has 2 aromatic rings. The van der Waals surface area contributed by atoms with Gasteiger partial charge in [0, 0.05) is 6.20 Å². The SMILES string of the molecule is O=C(NCc1cnco1)c1ccccn1. The van der Waals surface area contributed by atoms with Crippen molar-refractivity contribution in [2.24, 2.45) is 0 Å². The van der Waals surface area contributed by atoms with Gasteiger partial charge in [-0.1, -0.05) is 6.07 Å². The van der Waals surface area contributed by atoms with Crippen molar-refractivity contribution in [3.05, 3.63) is 48.4 Å². The second-order valence-corrected chi connectivity index (χ2v) is 2.87. The third-order valence-electron chi connectivity index (χ3n) is 1.80. The Morgan fingerprint density at radius 1 is 1.47 bits per heavy atom. The number of oxazole rings is 1. The third-order valence-corrected chi connectivity index (χ3v) is 1.80. The average molecular weight is 203 g/mol. The minimum absolute atomic E-state index is 0.230. The van der Waals surface area contributed by atoms with Gasteiger partial charge in [0.15, 0.2) is 6.39 Å². The summed E-state index contributed by atoms with van der Waals surface area (Å²) in [5.41, 5.74) is 0.386. The van der Waals surface area contributed by atoms with Gasteiger partial charge in [-0.2, -0.15) is 0 Å². The van der Waals surface area contributed by atoms with Gasteiger partial charge in [0.2, 0.25) is 0 Å². The predicted molar refractivity (Wildman–Crippen MR) is 51.9 cm³/mol. The first-order chi connectivity index (χ1) is 7.36. The van der Waals surface area contributed by atoms with E-state index in [0.29, 0.717) is 18.0 Å². The second-order valence-electron chi connectivity index (χ2n) is 2.87. The lowest BCUT2D eigenvalue weighted by molar-refractivity contribution is 0.0943. The van der Waals surface area contributed by atoms with Crippen molar-refractivity contribution in [2.45, 2.75) is 6.54 Å². The van der Waals surface area contributed by atoms with Gasteiger partial charge in [-0.15, -0.1) is 0 Å². The van der Waals surface area contributed by atoms with Crippen LogP contribution in [0.4, 0.5) is 0 Å². The number of aromatic nitrogens is 2. The fraction of sp³-hybridized carbons (Fsp3) is 0.100. The molecule has 2 rings (SSSR count). The van der Waals surface area contributed by atoms with Crippen LogP contribution in [0.3, 0.4) is 0 Å². The summed E-state index contributed by atoms with van der Waals surface area (Å²) in [6.45, 7) is 0.315. The lowest BCUT2D eigenvalue weighted by Crippen LogP contribution is -2.23. The van der Waals surface area contributed by atoms with Crippen LogP contribution < -0.4 is 5.32 Å². The summed E-state index contributed by atoms with van der Waals surface area (Å²) in [5.74, 6) is 0.381. The molecule has 0 aliphatic carbocycles. The van der Waals surface area contributed by atoms with Crippen molar-refractivity contribution in [1.29, 1.82) is 0 Å². The smallest absolute Gasteiger partial charge is 0.270 e. The molecular formula is C10H9N3O2. The van der Waals surface area contributed by atoms with Gasteiger partial charge in [-0.3, -0.25) is 9.78 Å². The minimum atomic E-state index is -0.230. The third kappa shape index (κ3) is 2.40. The number of amides is 1. The van der Waals surface area contributed by atoms with E-state index in [-0.39, 0.29) is 5.91 Å². The van der Waals surface area contributed by atoms with E-state index in [1.54, 1.807) is 30.6 Å². The molecule has 0 spiro atoms. The van der Waals surface area contributed by atoms with Crippen LogP contribution in [0.15, 0.2) is 41.4 Å². The molecule has 5 nitrogen and oxygen atoms in total. The number of hydrogen-bond donors (Lipinski definition) is 1. The zero-order valence-corrected chi connectivity index (χ0v) is 7.88. The first kappa shape index (κ1) is 9.39. The summed E-state index contributed by atoms with van der Waals surface area (Å²) < 4.78 is 4.97. The molecule has 0 saturated heterocycles. The molecule has 0 radical (unpaired) electrons. The highest BCUT2D eigenvalue weighted by Crippen LogP contribution is 1.97. The Morgan fingerprint density at radius 2 is 2.40 bits per heavy atom. The Balaban J connectivity index is 1.94. The summed E-state index contributed by atoms with van der Waals surface area (Å²) in [5, 5.41) is 2.67. The maximum atomic E-state index is 11.5. The molecule has 5 heteroatoms. The van der Waals surface area contributed by atoms with Crippen molar-refractivity contribution in [2.75, 3.05) is 0 Å². The first-order valence-corrected chi connectivity index (χ1v) is 4.43. The Morgan fingerprint density at radius 3 is 3.07 bits per heavy atom. The van der Waals surface area contributed by atoms with Gasteiger partial charge in [0.1, 0.15) is 11.5 Å². The molecule has 0 aliphatic rings. The lowest BCUT2D eigenvalue weighted by Gasteiger charge is -2.00. The van der Waals surface area contributed by atoms with Crippen LogP contribution in [0.1, 0.15) is 16.2 Å². The lowest BCUT2D eigenvalue weighted by atomic mass is 10.3.